The molecular weight excluding hydrogens is 306 g/mol. The van der Waals surface area contributed by atoms with Crippen LogP contribution in [-0.2, 0) is 0 Å². The second-order valence-corrected chi connectivity index (χ2v) is 6.19. The fourth-order valence-electron chi connectivity index (χ4n) is 3.65. The topological polar surface area (TPSA) is 89.5 Å². The summed E-state index contributed by atoms with van der Waals surface area (Å²) >= 11 is 0. The number of hydrogen-bond acceptors (Lipinski definition) is 4. The molecule has 0 aromatic heterocycles. The number of non-ortho nitro benzene ring substituents is 1. The Morgan fingerprint density at radius 2 is 2.05 bits per heavy atom. The van der Waals surface area contributed by atoms with Gasteiger partial charge in [-0.3, -0.25) is 14.9 Å². The Bertz CT molecular complexity index is 608. The predicted octanol–water partition coefficient (Wildman–Crippen LogP) is 2.13. The lowest BCUT2D eigenvalue weighted by Gasteiger charge is -2.19. The SMILES string of the molecule is Cc1cc(C(=O)N2CC3CCC(N)C3C2)cc([N+](=O)[O-])c1.Cl. The number of nitrogens with zero attached hydrogens (tertiary/aromatic N) is 2. The molecule has 3 atom stereocenters. The maximum atomic E-state index is 12.6. The lowest BCUT2D eigenvalue weighted by Crippen LogP contribution is -2.33. The third kappa shape index (κ3) is 2.94. The molecular formula is C15H20ClN3O3. The second-order valence-electron chi connectivity index (χ2n) is 6.19. The van der Waals surface area contributed by atoms with Crippen LogP contribution in [0.15, 0.2) is 18.2 Å². The first-order valence-electron chi connectivity index (χ1n) is 7.26. The van der Waals surface area contributed by atoms with Crippen molar-refractivity contribution in [3.05, 3.63) is 39.4 Å². The average Bonchev–Trinajstić information content (AvgIpc) is 3.00. The van der Waals surface area contributed by atoms with E-state index in [1.165, 1.54) is 12.1 Å². The number of benzene rings is 1. The van der Waals surface area contributed by atoms with E-state index in [2.05, 4.69) is 0 Å². The number of amides is 1. The summed E-state index contributed by atoms with van der Waals surface area (Å²) in [4.78, 5) is 24.8. The monoisotopic (exact) mass is 325 g/mol. The lowest BCUT2D eigenvalue weighted by atomic mass is 9.98. The van der Waals surface area contributed by atoms with Crippen molar-refractivity contribution in [2.45, 2.75) is 25.8 Å². The van der Waals surface area contributed by atoms with Crippen molar-refractivity contribution in [1.82, 2.24) is 4.90 Å². The van der Waals surface area contributed by atoms with E-state index in [9.17, 15) is 14.9 Å². The molecule has 0 spiro atoms. The fraction of sp³-hybridized carbons (Fsp3) is 0.533. The van der Waals surface area contributed by atoms with Crippen molar-refractivity contribution in [3.8, 4) is 0 Å². The summed E-state index contributed by atoms with van der Waals surface area (Å²) < 4.78 is 0. The van der Waals surface area contributed by atoms with Gasteiger partial charge in [0.05, 0.1) is 4.92 Å². The Hall–Kier alpha value is -1.66. The highest BCUT2D eigenvalue weighted by atomic mass is 35.5. The quantitative estimate of drug-likeness (QED) is 0.666. The number of carbonyl (C=O) groups excluding carboxylic acids is 1. The smallest absolute Gasteiger partial charge is 0.270 e. The first-order chi connectivity index (χ1) is 9.95. The molecule has 22 heavy (non-hydrogen) atoms. The minimum atomic E-state index is -0.460. The van der Waals surface area contributed by atoms with E-state index in [1.54, 1.807) is 17.9 Å². The number of hydrogen-bond donors (Lipinski definition) is 1. The van der Waals surface area contributed by atoms with Crippen LogP contribution in [-0.4, -0.2) is 34.9 Å². The van der Waals surface area contributed by atoms with Crippen LogP contribution in [0.3, 0.4) is 0 Å². The summed E-state index contributed by atoms with van der Waals surface area (Å²) in [7, 11) is 0. The summed E-state index contributed by atoms with van der Waals surface area (Å²) in [5.74, 6) is 0.751. The molecule has 3 unspecified atom stereocenters. The molecule has 1 saturated heterocycles. The molecule has 0 radical (unpaired) electrons. The Morgan fingerprint density at radius 3 is 2.68 bits per heavy atom. The van der Waals surface area contributed by atoms with E-state index in [1.807, 2.05) is 0 Å². The number of halogens is 1. The van der Waals surface area contributed by atoms with Gasteiger partial charge in [-0.15, -0.1) is 12.4 Å². The van der Waals surface area contributed by atoms with Gasteiger partial charge in [0.25, 0.3) is 11.6 Å². The summed E-state index contributed by atoms with van der Waals surface area (Å²) in [6.07, 6.45) is 2.11. The standard InChI is InChI=1S/C15H19N3O3.ClH/c1-9-4-11(6-12(5-9)18(20)21)15(19)17-7-10-2-3-14(16)13(10)8-17;/h4-6,10,13-14H,2-3,7-8,16H2,1H3;1H. The fourth-order valence-corrected chi connectivity index (χ4v) is 3.65. The van der Waals surface area contributed by atoms with Crippen molar-refractivity contribution < 1.29 is 9.72 Å². The van der Waals surface area contributed by atoms with Crippen LogP contribution >= 0.6 is 12.4 Å². The Morgan fingerprint density at radius 1 is 1.32 bits per heavy atom. The molecule has 1 amide bonds. The zero-order chi connectivity index (χ0) is 15.1. The molecule has 7 heteroatoms. The van der Waals surface area contributed by atoms with Crippen LogP contribution in [0.1, 0.15) is 28.8 Å². The van der Waals surface area contributed by atoms with Gasteiger partial charge in [-0.1, -0.05) is 0 Å². The van der Waals surface area contributed by atoms with Gasteiger partial charge < -0.3 is 10.6 Å². The molecule has 6 nitrogen and oxygen atoms in total. The number of likely N-dealkylation sites (tertiary alicyclic amines) is 1. The molecule has 1 aliphatic heterocycles. The van der Waals surface area contributed by atoms with Gasteiger partial charge in [0, 0.05) is 36.8 Å². The van der Waals surface area contributed by atoms with Gasteiger partial charge in [-0.25, -0.2) is 0 Å². The van der Waals surface area contributed by atoms with Crippen LogP contribution in [0.2, 0.25) is 0 Å². The third-order valence-corrected chi connectivity index (χ3v) is 4.72. The van der Waals surface area contributed by atoms with E-state index < -0.39 is 4.92 Å². The highest BCUT2D eigenvalue weighted by Gasteiger charge is 2.42. The zero-order valence-electron chi connectivity index (χ0n) is 12.4. The number of fused-ring (bicyclic) bond motifs is 1. The summed E-state index contributed by atoms with van der Waals surface area (Å²) in [6.45, 7) is 3.16. The molecule has 2 aliphatic rings. The maximum absolute atomic E-state index is 12.6. The van der Waals surface area contributed by atoms with Gasteiger partial charge in [-0.2, -0.15) is 0 Å². The summed E-state index contributed by atoms with van der Waals surface area (Å²) in [5, 5.41) is 10.9. The van der Waals surface area contributed by atoms with E-state index in [4.69, 9.17) is 5.73 Å². The zero-order valence-corrected chi connectivity index (χ0v) is 13.2. The van der Waals surface area contributed by atoms with Crippen LogP contribution in [0.4, 0.5) is 5.69 Å². The first-order valence-corrected chi connectivity index (χ1v) is 7.26. The highest BCUT2D eigenvalue weighted by Crippen LogP contribution is 2.37. The predicted molar refractivity (Wildman–Crippen MR) is 85.2 cm³/mol. The van der Waals surface area contributed by atoms with Crippen molar-refractivity contribution in [1.29, 1.82) is 0 Å². The van der Waals surface area contributed by atoms with Crippen LogP contribution in [0.25, 0.3) is 0 Å². The highest BCUT2D eigenvalue weighted by molar-refractivity contribution is 5.95. The maximum Gasteiger partial charge on any atom is 0.270 e. The van der Waals surface area contributed by atoms with E-state index in [0.29, 0.717) is 23.9 Å². The van der Waals surface area contributed by atoms with E-state index >= 15 is 0 Å². The van der Waals surface area contributed by atoms with Crippen molar-refractivity contribution in [3.63, 3.8) is 0 Å². The van der Waals surface area contributed by atoms with Crippen molar-refractivity contribution >= 4 is 24.0 Å². The first kappa shape index (κ1) is 16.7. The van der Waals surface area contributed by atoms with E-state index in [0.717, 1.165) is 24.9 Å². The molecule has 1 aliphatic carbocycles. The number of aryl methyl sites for hydroxylation is 1. The normalized spacial score (nSPS) is 26.5. The van der Waals surface area contributed by atoms with Gasteiger partial charge in [0.2, 0.25) is 0 Å². The molecule has 0 bridgehead atoms. The minimum Gasteiger partial charge on any atom is -0.338 e. The molecule has 2 N–H and O–H groups in total. The number of nitro groups is 1. The number of carbonyl (C=O) groups is 1. The molecule has 1 aromatic rings. The largest absolute Gasteiger partial charge is 0.338 e. The lowest BCUT2D eigenvalue weighted by molar-refractivity contribution is -0.384. The van der Waals surface area contributed by atoms with Gasteiger partial charge in [-0.05, 0) is 43.2 Å². The second kappa shape index (κ2) is 6.22. The van der Waals surface area contributed by atoms with Gasteiger partial charge >= 0.3 is 0 Å². The van der Waals surface area contributed by atoms with Gasteiger partial charge in [0.1, 0.15) is 0 Å². The van der Waals surface area contributed by atoms with Crippen molar-refractivity contribution in [2.24, 2.45) is 17.6 Å². The average molecular weight is 326 g/mol. The summed E-state index contributed by atoms with van der Waals surface area (Å²) in [5.41, 5.74) is 7.17. The number of rotatable bonds is 2. The van der Waals surface area contributed by atoms with Crippen molar-refractivity contribution in [2.75, 3.05) is 13.1 Å². The number of nitro benzene ring substituents is 1. The van der Waals surface area contributed by atoms with Crippen LogP contribution in [0.5, 0.6) is 0 Å². The van der Waals surface area contributed by atoms with Crippen LogP contribution < -0.4 is 5.73 Å². The molecule has 1 heterocycles. The molecule has 120 valence electrons. The molecule has 2 fully saturated rings. The summed E-state index contributed by atoms with van der Waals surface area (Å²) in [6, 6.07) is 4.73. The Kier molecular flexibility index (Phi) is 4.72. The minimum absolute atomic E-state index is 0. The van der Waals surface area contributed by atoms with Crippen LogP contribution in [0, 0.1) is 28.9 Å². The Balaban J connectivity index is 0.00000176. The van der Waals surface area contributed by atoms with Gasteiger partial charge in [0.15, 0.2) is 0 Å². The number of nitrogens with two attached hydrogens (primary N) is 1. The molecule has 1 saturated carbocycles. The molecule has 1 aromatic carbocycles. The third-order valence-electron chi connectivity index (χ3n) is 4.72. The van der Waals surface area contributed by atoms with E-state index in [-0.39, 0.29) is 30.0 Å². The Labute approximate surface area is 135 Å². The molecule has 3 rings (SSSR count).